The van der Waals surface area contributed by atoms with Gasteiger partial charge in [-0.3, -0.25) is 0 Å². The number of ether oxygens (including phenoxy) is 1. The fourth-order valence-electron chi connectivity index (χ4n) is 3.39. The normalized spacial score (nSPS) is 22.8. The van der Waals surface area contributed by atoms with Crippen LogP contribution in [0.1, 0.15) is 62.9 Å². The molecule has 2 fully saturated rings. The molecule has 1 unspecified atom stereocenters. The van der Waals surface area contributed by atoms with Crippen molar-refractivity contribution in [1.82, 2.24) is 9.97 Å². The zero-order valence-electron chi connectivity index (χ0n) is 13.1. The van der Waals surface area contributed by atoms with Gasteiger partial charge in [-0.2, -0.15) is 0 Å². The van der Waals surface area contributed by atoms with Crippen LogP contribution in [0.25, 0.3) is 0 Å². The number of rotatable bonds is 6. The number of aromatic nitrogens is 2. The molecular weight excluding hydrogens is 262 g/mol. The van der Waals surface area contributed by atoms with Gasteiger partial charge in [0.25, 0.3) is 0 Å². The molecule has 21 heavy (non-hydrogen) atoms. The first-order valence-electron chi connectivity index (χ1n) is 8.54. The Bertz CT molecular complexity index is 451. The minimum Gasteiger partial charge on any atom is -0.381 e. The second-order valence-corrected chi connectivity index (χ2v) is 6.44. The molecule has 0 radical (unpaired) electrons. The lowest BCUT2D eigenvalue weighted by molar-refractivity contribution is 0.185. The largest absolute Gasteiger partial charge is 0.381 e. The van der Waals surface area contributed by atoms with Crippen LogP contribution < -0.4 is 5.32 Å². The molecule has 2 aliphatic rings. The lowest BCUT2D eigenvalue weighted by Gasteiger charge is -2.14. The van der Waals surface area contributed by atoms with Crippen LogP contribution in [-0.4, -0.2) is 29.7 Å². The van der Waals surface area contributed by atoms with Gasteiger partial charge in [0, 0.05) is 43.9 Å². The second kappa shape index (κ2) is 7.21. The highest BCUT2D eigenvalue weighted by Crippen LogP contribution is 2.34. The summed E-state index contributed by atoms with van der Waals surface area (Å²) in [6.07, 6.45) is 8.49. The van der Waals surface area contributed by atoms with E-state index < -0.39 is 0 Å². The minimum absolute atomic E-state index is 0.600. The summed E-state index contributed by atoms with van der Waals surface area (Å²) < 4.78 is 5.48. The zero-order chi connectivity index (χ0) is 14.5. The van der Waals surface area contributed by atoms with Crippen LogP contribution in [0, 0.1) is 5.92 Å². The maximum Gasteiger partial charge on any atom is 0.131 e. The number of nitrogens with zero attached hydrogens (tertiary/aromatic N) is 2. The van der Waals surface area contributed by atoms with Crippen LogP contribution in [-0.2, 0) is 11.2 Å². The van der Waals surface area contributed by atoms with Gasteiger partial charge in [0.05, 0.1) is 0 Å². The van der Waals surface area contributed by atoms with Crippen molar-refractivity contribution in [2.45, 2.75) is 57.8 Å². The third-order valence-corrected chi connectivity index (χ3v) is 4.62. The first-order valence-corrected chi connectivity index (χ1v) is 8.54. The van der Waals surface area contributed by atoms with Gasteiger partial charge in [0.2, 0.25) is 0 Å². The smallest absolute Gasteiger partial charge is 0.131 e. The van der Waals surface area contributed by atoms with Crippen molar-refractivity contribution < 1.29 is 4.74 Å². The van der Waals surface area contributed by atoms with Crippen molar-refractivity contribution in [2.75, 3.05) is 25.1 Å². The summed E-state index contributed by atoms with van der Waals surface area (Å²) in [6, 6.07) is 2.18. The van der Waals surface area contributed by atoms with Gasteiger partial charge in [0.1, 0.15) is 11.6 Å². The van der Waals surface area contributed by atoms with Gasteiger partial charge in [-0.25, -0.2) is 9.97 Å². The minimum atomic E-state index is 0.600. The van der Waals surface area contributed by atoms with E-state index in [2.05, 4.69) is 18.3 Å². The maximum absolute atomic E-state index is 5.48. The monoisotopic (exact) mass is 289 g/mol. The molecule has 1 aliphatic carbocycles. The molecule has 0 amide bonds. The molecule has 0 bridgehead atoms. The van der Waals surface area contributed by atoms with E-state index in [1.54, 1.807) is 0 Å². The Labute approximate surface area is 127 Å². The second-order valence-electron chi connectivity index (χ2n) is 6.44. The maximum atomic E-state index is 5.48. The predicted octanol–water partition coefficient (Wildman–Crippen LogP) is 3.54. The lowest BCUT2D eigenvalue weighted by Crippen LogP contribution is -2.12. The molecule has 1 saturated carbocycles. The first-order chi connectivity index (χ1) is 10.3. The van der Waals surface area contributed by atoms with Crippen LogP contribution >= 0.6 is 0 Å². The Morgan fingerprint density at radius 2 is 2.10 bits per heavy atom. The number of hydrogen-bond donors (Lipinski definition) is 1. The van der Waals surface area contributed by atoms with E-state index in [1.807, 2.05) is 0 Å². The molecular formula is C17H27N3O. The molecule has 1 saturated heterocycles. The molecule has 1 atom stereocenters. The Balaban J connectivity index is 1.77. The van der Waals surface area contributed by atoms with Crippen molar-refractivity contribution in [3.05, 3.63) is 17.6 Å². The highest BCUT2D eigenvalue weighted by atomic mass is 16.5. The molecule has 2 heterocycles. The summed E-state index contributed by atoms with van der Waals surface area (Å²) >= 11 is 0. The molecule has 3 rings (SSSR count). The standard InChI is InChI=1S/C17H27N3O/c1-2-8-18-16-11-15(14-5-3-4-6-14)19-17(20-16)10-13-7-9-21-12-13/h11,13-14H,2-10,12H2,1H3,(H,18,19,20). The van der Waals surface area contributed by atoms with Crippen molar-refractivity contribution in [3.63, 3.8) is 0 Å². The highest BCUT2D eigenvalue weighted by molar-refractivity contribution is 5.37. The van der Waals surface area contributed by atoms with Crippen LogP contribution in [0.2, 0.25) is 0 Å². The van der Waals surface area contributed by atoms with Crippen LogP contribution in [0.4, 0.5) is 5.82 Å². The molecule has 1 aliphatic heterocycles. The van der Waals surface area contributed by atoms with Gasteiger partial charge in [-0.15, -0.1) is 0 Å². The van der Waals surface area contributed by atoms with E-state index in [0.717, 1.165) is 50.7 Å². The zero-order valence-corrected chi connectivity index (χ0v) is 13.1. The molecule has 1 aromatic rings. The topological polar surface area (TPSA) is 47.0 Å². The predicted molar refractivity (Wildman–Crippen MR) is 84.7 cm³/mol. The van der Waals surface area contributed by atoms with Gasteiger partial charge in [0.15, 0.2) is 0 Å². The average Bonchev–Trinajstić information content (AvgIpc) is 3.18. The lowest BCUT2D eigenvalue weighted by atomic mass is 10.0. The number of anilines is 1. The molecule has 0 aromatic carbocycles. The molecule has 1 N–H and O–H groups in total. The van der Waals surface area contributed by atoms with Crippen LogP contribution in [0.5, 0.6) is 0 Å². The van der Waals surface area contributed by atoms with E-state index in [0.29, 0.717) is 11.8 Å². The Kier molecular flexibility index (Phi) is 5.07. The molecule has 4 heteroatoms. The van der Waals surface area contributed by atoms with Crippen molar-refractivity contribution >= 4 is 5.82 Å². The van der Waals surface area contributed by atoms with Gasteiger partial charge < -0.3 is 10.1 Å². The molecule has 4 nitrogen and oxygen atoms in total. The summed E-state index contributed by atoms with van der Waals surface area (Å²) in [5.41, 5.74) is 1.26. The van der Waals surface area contributed by atoms with Gasteiger partial charge in [-0.05, 0) is 31.6 Å². The van der Waals surface area contributed by atoms with Gasteiger partial charge >= 0.3 is 0 Å². The quantitative estimate of drug-likeness (QED) is 0.870. The Morgan fingerprint density at radius 3 is 2.81 bits per heavy atom. The first kappa shape index (κ1) is 14.8. The highest BCUT2D eigenvalue weighted by Gasteiger charge is 2.22. The van der Waals surface area contributed by atoms with Crippen LogP contribution in [0.3, 0.4) is 0 Å². The average molecular weight is 289 g/mol. The molecule has 1 aromatic heterocycles. The SMILES string of the molecule is CCCNc1cc(C2CCCC2)nc(CC2CCOC2)n1. The Hall–Kier alpha value is -1.16. The fraction of sp³-hybridized carbons (Fsp3) is 0.765. The summed E-state index contributed by atoms with van der Waals surface area (Å²) in [4.78, 5) is 9.61. The third kappa shape index (κ3) is 3.94. The molecule has 116 valence electrons. The molecule has 0 spiro atoms. The fourth-order valence-corrected chi connectivity index (χ4v) is 3.39. The van der Waals surface area contributed by atoms with E-state index >= 15 is 0 Å². The van der Waals surface area contributed by atoms with Crippen molar-refractivity contribution in [2.24, 2.45) is 5.92 Å². The van der Waals surface area contributed by atoms with E-state index in [1.165, 1.54) is 31.4 Å². The summed E-state index contributed by atoms with van der Waals surface area (Å²) in [5, 5.41) is 3.44. The summed E-state index contributed by atoms with van der Waals surface area (Å²) in [7, 11) is 0. The Morgan fingerprint density at radius 1 is 1.24 bits per heavy atom. The number of nitrogens with one attached hydrogen (secondary N) is 1. The van der Waals surface area contributed by atoms with E-state index in [-0.39, 0.29) is 0 Å². The summed E-state index contributed by atoms with van der Waals surface area (Å²) in [5.74, 6) is 3.27. The van der Waals surface area contributed by atoms with Crippen LogP contribution in [0.15, 0.2) is 6.07 Å². The van der Waals surface area contributed by atoms with Crippen molar-refractivity contribution in [1.29, 1.82) is 0 Å². The van der Waals surface area contributed by atoms with Gasteiger partial charge in [-0.1, -0.05) is 19.8 Å². The third-order valence-electron chi connectivity index (χ3n) is 4.62. The summed E-state index contributed by atoms with van der Waals surface area (Å²) in [6.45, 7) is 4.93. The number of hydrogen-bond acceptors (Lipinski definition) is 4. The van der Waals surface area contributed by atoms with Crippen molar-refractivity contribution in [3.8, 4) is 0 Å². The van der Waals surface area contributed by atoms with E-state index in [9.17, 15) is 0 Å². The van der Waals surface area contributed by atoms with E-state index in [4.69, 9.17) is 14.7 Å².